The second-order valence-corrected chi connectivity index (χ2v) is 4.51. The highest BCUT2D eigenvalue weighted by Gasteiger charge is 2.25. The van der Waals surface area contributed by atoms with E-state index in [1.807, 2.05) is 0 Å². The summed E-state index contributed by atoms with van der Waals surface area (Å²) in [6.07, 6.45) is 3.55. The maximum atomic E-state index is 11.3. The number of ketones is 1. The van der Waals surface area contributed by atoms with E-state index in [0.29, 0.717) is 11.7 Å². The molecule has 2 nitrogen and oxygen atoms in total. The molecule has 1 aliphatic heterocycles. The number of hydrogen-bond acceptors (Lipinski definition) is 2. The van der Waals surface area contributed by atoms with Crippen LogP contribution in [0, 0.1) is 5.92 Å². The van der Waals surface area contributed by atoms with Gasteiger partial charge in [0, 0.05) is 6.54 Å². The van der Waals surface area contributed by atoms with E-state index in [-0.39, 0.29) is 6.04 Å². The van der Waals surface area contributed by atoms with Crippen molar-refractivity contribution >= 4 is 5.78 Å². The first-order chi connectivity index (χ1) is 6.11. The highest BCUT2D eigenvalue weighted by atomic mass is 16.1. The van der Waals surface area contributed by atoms with E-state index >= 15 is 0 Å². The van der Waals surface area contributed by atoms with Crippen LogP contribution in [0.4, 0.5) is 0 Å². The van der Waals surface area contributed by atoms with Crippen LogP contribution in [-0.4, -0.2) is 29.8 Å². The molecular weight excluding hydrogens is 162 g/mol. The van der Waals surface area contributed by atoms with Crippen molar-refractivity contribution in [3.05, 3.63) is 0 Å². The summed E-state index contributed by atoms with van der Waals surface area (Å²) >= 11 is 0. The topological polar surface area (TPSA) is 20.3 Å². The lowest BCUT2D eigenvalue weighted by molar-refractivity contribution is -0.123. The molecule has 0 aromatic heterocycles. The second-order valence-electron chi connectivity index (χ2n) is 4.51. The summed E-state index contributed by atoms with van der Waals surface area (Å²) in [4.78, 5) is 13.7. The predicted molar refractivity (Wildman–Crippen MR) is 54.7 cm³/mol. The van der Waals surface area contributed by atoms with E-state index in [1.165, 1.54) is 12.8 Å². The summed E-state index contributed by atoms with van der Waals surface area (Å²) < 4.78 is 0. The molecule has 1 aliphatic rings. The molecule has 1 fully saturated rings. The molecule has 13 heavy (non-hydrogen) atoms. The summed E-state index contributed by atoms with van der Waals surface area (Å²) in [5.74, 6) is 1.01. The summed E-state index contributed by atoms with van der Waals surface area (Å²) in [5.41, 5.74) is 0. The van der Waals surface area contributed by atoms with Crippen molar-refractivity contribution in [1.29, 1.82) is 0 Å². The number of carbonyl (C=O) groups is 1. The van der Waals surface area contributed by atoms with Crippen LogP contribution in [0.15, 0.2) is 0 Å². The summed E-state index contributed by atoms with van der Waals surface area (Å²) in [5, 5.41) is 0. The van der Waals surface area contributed by atoms with Gasteiger partial charge in [0.25, 0.3) is 0 Å². The molecule has 0 unspecified atom stereocenters. The van der Waals surface area contributed by atoms with Gasteiger partial charge in [0.1, 0.15) is 5.78 Å². The molecule has 0 bridgehead atoms. The van der Waals surface area contributed by atoms with Gasteiger partial charge in [0.15, 0.2) is 0 Å². The average molecular weight is 183 g/mol. The Hall–Kier alpha value is -0.370. The van der Waals surface area contributed by atoms with E-state index in [2.05, 4.69) is 18.7 Å². The van der Waals surface area contributed by atoms with Crippen molar-refractivity contribution in [3.8, 4) is 0 Å². The third kappa shape index (κ3) is 3.11. The molecular formula is C11H21NO. The van der Waals surface area contributed by atoms with Crippen molar-refractivity contribution in [2.75, 3.05) is 13.1 Å². The monoisotopic (exact) mass is 183 g/mol. The predicted octanol–water partition coefficient (Wildman–Crippen LogP) is 2.09. The lowest BCUT2D eigenvalue weighted by Crippen LogP contribution is -2.45. The first kappa shape index (κ1) is 10.7. The van der Waals surface area contributed by atoms with Gasteiger partial charge in [-0.05, 0) is 32.2 Å². The van der Waals surface area contributed by atoms with Crippen molar-refractivity contribution in [3.63, 3.8) is 0 Å². The molecule has 0 aliphatic carbocycles. The number of likely N-dealkylation sites (tertiary alicyclic amines) is 1. The number of hydrogen-bond donors (Lipinski definition) is 0. The molecule has 0 radical (unpaired) electrons. The number of piperidine rings is 1. The number of Topliss-reactive ketones (excluding diaryl/α,β-unsaturated/α-hetero) is 1. The van der Waals surface area contributed by atoms with Gasteiger partial charge < -0.3 is 0 Å². The van der Waals surface area contributed by atoms with Crippen LogP contribution >= 0.6 is 0 Å². The van der Waals surface area contributed by atoms with E-state index in [0.717, 1.165) is 19.5 Å². The van der Waals surface area contributed by atoms with Crippen LogP contribution in [0.25, 0.3) is 0 Å². The smallest absolute Gasteiger partial charge is 0.146 e. The third-order valence-corrected chi connectivity index (χ3v) is 2.68. The average Bonchev–Trinajstić information content (AvgIpc) is 2.03. The molecule has 76 valence electrons. The number of nitrogens with zero attached hydrogens (tertiary/aromatic N) is 1. The molecule has 1 atom stereocenters. The van der Waals surface area contributed by atoms with Crippen molar-refractivity contribution < 1.29 is 4.79 Å². The Balaban J connectivity index is 2.51. The first-order valence-corrected chi connectivity index (χ1v) is 5.35. The number of rotatable bonds is 3. The van der Waals surface area contributed by atoms with Gasteiger partial charge in [-0.15, -0.1) is 0 Å². The minimum atomic E-state index is 0.219. The maximum Gasteiger partial charge on any atom is 0.146 e. The summed E-state index contributed by atoms with van der Waals surface area (Å²) in [6, 6.07) is 0.219. The largest absolute Gasteiger partial charge is 0.298 e. The Morgan fingerprint density at radius 3 is 2.69 bits per heavy atom. The Kier molecular flexibility index (Phi) is 3.91. The molecule has 2 heteroatoms. The first-order valence-electron chi connectivity index (χ1n) is 5.35. The fraction of sp³-hybridized carbons (Fsp3) is 0.909. The fourth-order valence-corrected chi connectivity index (χ4v) is 2.14. The Bertz CT molecular complexity index is 177. The minimum Gasteiger partial charge on any atom is -0.298 e. The standard InChI is InChI=1S/C11H21NO/c1-9(2)8-12-7-5-4-6-11(12)10(3)13/h9,11H,4-8H2,1-3H3/t11-/m0/s1. The molecule has 0 aromatic rings. The zero-order valence-corrected chi connectivity index (χ0v) is 9.05. The molecule has 0 saturated carbocycles. The van der Waals surface area contributed by atoms with Gasteiger partial charge in [-0.2, -0.15) is 0 Å². The zero-order chi connectivity index (χ0) is 9.84. The van der Waals surface area contributed by atoms with E-state index < -0.39 is 0 Å². The molecule has 0 amide bonds. The minimum absolute atomic E-state index is 0.219. The molecule has 0 aromatic carbocycles. The SMILES string of the molecule is CC(=O)[C@@H]1CCCCN1CC(C)C. The Morgan fingerprint density at radius 2 is 2.15 bits per heavy atom. The second kappa shape index (κ2) is 4.75. The van der Waals surface area contributed by atoms with Crippen LogP contribution in [-0.2, 0) is 4.79 Å². The van der Waals surface area contributed by atoms with Gasteiger partial charge in [0.2, 0.25) is 0 Å². The molecule has 1 rings (SSSR count). The van der Waals surface area contributed by atoms with Crippen LogP contribution in [0.2, 0.25) is 0 Å². The highest BCUT2D eigenvalue weighted by molar-refractivity contribution is 5.81. The normalized spacial score (nSPS) is 25.1. The van der Waals surface area contributed by atoms with Crippen molar-refractivity contribution in [2.45, 2.75) is 46.1 Å². The van der Waals surface area contributed by atoms with E-state index in [4.69, 9.17) is 0 Å². The highest BCUT2D eigenvalue weighted by Crippen LogP contribution is 2.18. The van der Waals surface area contributed by atoms with Crippen LogP contribution in [0.3, 0.4) is 0 Å². The van der Waals surface area contributed by atoms with Gasteiger partial charge in [-0.3, -0.25) is 9.69 Å². The molecule has 0 N–H and O–H groups in total. The summed E-state index contributed by atoms with van der Waals surface area (Å²) in [6.45, 7) is 8.34. The van der Waals surface area contributed by atoms with Crippen molar-refractivity contribution in [2.24, 2.45) is 5.92 Å². The number of carbonyl (C=O) groups excluding carboxylic acids is 1. The van der Waals surface area contributed by atoms with Gasteiger partial charge in [-0.25, -0.2) is 0 Å². The van der Waals surface area contributed by atoms with Crippen molar-refractivity contribution in [1.82, 2.24) is 4.90 Å². The quantitative estimate of drug-likeness (QED) is 0.667. The van der Waals surface area contributed by atoms with Crippen LogP contribution < -0.4 is 0 Å². The molecule has 1 saturated heterocycles. The molecule has 0 spiro atoms. The Labute approximate surface area is 81.3 Å². The zero-order valence-electron chi connectivity index (χ0n) is 9.05. The van der Waals surface area contributed by atoms with Crippen LogP contribution in [0.1, 0.15) is 40.0 Å². The van der Waals surface area contributed by atoms with E-state index in [1.54, 1.807) is 6.92 Å². The van der Waals surface area contributed by atoms with E-state index in [9.17, 15) is 4.79 Å². The summed E-state index contributed by atoms with van der Waals surface area (Å²) in [7, 11) is 0. The Morgan fingerprint density at radius 1 is 1.46 bits per heavy atom. The maximum absolute atomic E-state index is 11.3. The van der Waals surface area contributed by atoms with Gasteiger partial charge >= 0.3 is 0 Å². The molecule has 1 heterocycles. The lowest BCUT2D eigenvalue weighted by Gasteiger charge is -2.35. The van der Waals surface area contributed by atoms with Gasteiger partial charge in [-0.1, -0.05) is 20.3 Å². The van der Waals surface area contributed by atoms with Crippen LogP contribution in [0.5, 0.6) is 0 Å². The fourth-order valence-electron chi connectivity index (χ4n) is 2.14. The third-order valence-electron chi connectivity index (χ3n) is 2.68. The van der Waals surface area contributed by atoms with Gasteiger partial charge in [0.05, 0.1) is 6.04 Å². The lowest BCUT2D eigenvalue weighted by atomic mass is 9.98.